The molecule has 0 fully saturated rings. The average molecular weight is 381 g/mol. The third-order valence-corrected chi connectivity index (χ3v) is 5.60. The molecule has 0 amide bonds. The highest BCUT2D eigenvalue weighted by Gasteiger charge is 2.28. The van der Waals surface area contributed by atoms with Crippen LogP contribution < -0.4 is 4.72 Å². The molecule has 0 saturated heterocycles. The normalized spacial score (nSPS) is 13.0. The Morgan fingerprint density at radius 2 is 1.88 bits per heavy atom. The molecule has 0 heterocycles. The van der Waals surface area contributed by atoms with Gasteiger partial charge in [0, 0.05) is 18.7 Å². The topological polar surface area (TPSA) is 92.5 Å². The zero-order chi connectivity index (χ0) is 19.5. The van der Waals surface area contributed by atoms with E-state index in [0.717, 1.165) is 6.07 Å². The molecule has 0 aliphatic heterocycles. The number of hydrogen-bond acceptors (Lipinski definition) is 5. The highest BCUT2D eigenvalue weighted by atomic mass is 32.2. The van der Waals surface area contributed by atoms with Crippen LogP contribution in [0.15, 0.2) is 47.4 Å². The van der Waals surface area contributed by atoms with Crippen molar-refractivity contribution in [1.29, 1.82) is 0 Å². The summed E-state index contributed by atoms with van der Waals surface area (Å²) in [6.07, 6.45) is 0. The fourth-order valence-corrected chi connectivity index (χ4v) is 4.14. The van der Waals surface area contributed by atoms with Gasteiger partial charge in [-0.2, -0.15) is 0 Å². The van der Waals surface area contributed by atoms with Crippen molar-refractivity contribution < 1.29 is 17.7 Å². The number of nitro benzene ring substituents is 1. The van der Waals surface area contributed by atoms with Crippen LogP contribution in [0.4, 0.5) is 10.1 Å². The number of halogens is 1. The molecule has 1 unspecified atom stereocenters. The van der Waals surface area contributed by atoms with E-state index in [-0.39, 0.29) is 17.0 Å². The van der Waals surface area contributed by atoms with Gasteiger partial charge in [-0.15, -0.1) is 0 Å². The van der Waals surface area contributed by atoms with E-state index in [2.05, 4.69) is 4.72 Å². The van der Waals surface area contributed by atoms with Crippen LogP contribution in [-0.4, -0.2) is 38.9 Å². The van der Waals surface area contributed by atoms with Gasteiger partial charge in [0.15, 0.2) is 4.90 Å². The number of nitrogens with zero attached hydrogens (tertiary/aromatic N) is 2. The number of likely N-dealkylation sites (N-methyl/N-ethyl adjacent to an activating group) is 1. The van der Waals surface area contributed by atoms with E-state index in [4.69, 9.17) is 0 Å². The summed E-state index contributed by atoms with van der Waals surface area (Å²) in [5.74, 6) is -0.424. The minimum atomic E-state index is -4.13. The average Bonchev–Trinajstić information content (AvgIpc) is 2.54. The van der Waals surface area contributed by atoms with Gasteiger partial charge in [-0.05, 0) is 44.3 Å². The summed E-state index contributed by atoms with van der Waals surface area (Å²) in [5, 5.41) is 11.2. The Morgan fingerprint density at radius 1 is 1.23 bits per heavy atom. The van der Waals surface area contributed by atoms with Gasteiger partial charge >= 0.3 is 0 Å². The molecule has 1 atom stereocenters. The van der Waals surface area contributed by atoms with Crippen molar-refractivity contribution in [2.75, 3.05) is 20.6 Å². The van der Waals surface area contributed by atoms with Crippen molar-refractivity contribution >= 4 is 15.7 Å². The molecule has 1 N–H and O–H groups in total. The van der Waals surface area contributed by atoms with Crippen LogP contribution in [0.3, 0.4) is 0 Å². The molecular weight excluding hydrogens is 361 g/mol. The number of nitrogens with one attached hydrogen (secondary N) is 1. The second-order valence-corrected chi connectivity index (χ2v) is 7.77. The fraction of sp³-hybridized carbons (Fsp3) is 0.294. The molecule has 26 heavy (non-hydrogen) atoms. The van der Waals surface area contributed by atoms with E-state index in [0.29, 0.717) is 5.56 Å². The smallest absolute Gasteiger partial charge is 0.289 e. The standard InChI is InChI=1S/C17H20FN3O4S/c1-12-6-4-9-15(21(22)23)17(12)26(24,25)19-11-16(20(2)3)13-7-5-8-14(18)10-13/h4-10,16,19H,11H2,1-3H3. The minimum Gasteiger partial charge on any atom is -0.301 e. The van der Waals surface area contributed by atoms with Gasteiger partial charge in [-0.1, -0.05) is 24.3 Å². The Bertz CT molecular complexity index is 916. The van der Waals surface area contributed by atoms with Crippen LogP contribution in [0.1, 0.15) is 17.2 Å². The molecule has 0 aliphatic rings. The van der Waals surface area contributed by atoms with E-state index in [9.17, 15) is 22.9 Å². The zero-order valence-electron chi connectivity index (χ0n) is 14.6. The maximum atomic E-state index is 13.5. The monoisotopic (exact) mass is 381 g/mol. The highest BCUT2D eigenvalue weighted by molar-refractivity contribution is 7.89. The van der Waals surface area contributed by atoms with Gasteiger partial charge in [0.2, 0.25) is 10.0 Å². The van der Waals surface area contributed by atoms with E-state index in [1.807, 2.05) is 0 Å². The van der Waals surface area contributed by atoms with Crippen LogP contribution in [0.5, 0.6) is 0 Å². The van der Waals surface area contributed by atoms with Crippen LogP contribution >= 0.6 is 0 Å². The summed E-state index contributed by atoms with van der Waals surface area (Å²) in [4.78, 5) is 11.8. The third kappa shape index (κ3) is 4.43. The molecule has 2 aromatic carbocycles. The van der Waals surface area contributed by atoms with Crippen molar-refractivity contribution in [3.05, 3.63) is 69.5 Å². The first-order chi connectivity index (χ1) is 12.1. The van der Waals surface area contributed by atoms with Crippen LogP contribution in [0, 0.1) is 22.9 Å². The van der Waals surface area contributed by atoms with Crippen molar-refractivity contribution in [3.63, 3.8) is 0 Å². The summed E-state index contributed by atoms with van der Waals surface area (Å²) in [7, 11) is -0.653. The molecule has 0 spiro atoms. The lowest BCUT2D eigenvalue weighted by Crippen LogP contribution is -2.35. The number of rotatable bonds is 7. The Hall–Kier alpha value is -2.36. The summed E-state index contributed by atoms with van der Waals surface area (Å²) in [6, 6.07) is 9.51. The lowest BCUT2D eigenvalue weighted by atomic mass is 10.1. The molecule has 0 radical (unpaired) electrons. The van der Waals surface area contributed by atoms with Crippen molar-refractivity contribution in [2.24, 2.45) is 0 Å². The van der Waals surface area contributed by atoms with Crippen LogP contribution in [0.2, 0.25) is 0 Å². The van der Waals surface area contributed by atoms with Crippen molar-refractivity contribution in [1.82, 2.24) is 9.62 Å². The Balaban J connectivity index is 2.34. The first-order valence-corrected chi connectivity index (χ1v) is 9.27. The highest BCUT2D eigenvalue weighted by Crippen LogP contribution is 2.27. The van der Waals surface area contributed by atoms with Gasteiger partial charge in [-0.3, -0.25) is 10.1 Å². The van der Waals surface area contributed by atoms with E-state index < -0.39 is 32.5 Å². The molecule has 7 nitrogen and oxygen atoms in total. The van der Waals surface area contributed by atoms with Gasteiger partial charge in [0.05, 0.1) is 4.92 Å². The van der Waals surface area contributed by atoms with Gasteiger partial charge < -0.3 is 4.90 Å². The lowest BCUT2D eigenvalue weighted by Gasteiger charge is -2.25. The zero-order valence-corrected chi connectivity index (χ0v) is 15.5. The molecule has 0 aliphatic carbocycles. The van der Waals surface area contributed by atoms with Gasteiger partial charge in [-0.25, -0.2) is 17.5 Å². The number of nitro groups is 1. The molecule has 9 heteroatoms. The largest absolute Gasteiger partial charge is 0.301 e. The summed E-state index contributed by atoms with van der Waals surface area (Å²) in [5.41, 5.74) is 0.389. The quantitative estimate of drug-likeness (QED) is 0.588. The third-order valence-electron chi connectivity index (χ3n) is 3.98. The van der Waals surface area contributed by atoms with Crippen molar-refractivity contribution in [2.45, 2.75) is 17.9 Å². The molecule has 140 valence electrons. The second-order valence-electron chi connectivity index (χ2n) is 6.07. The predicted octanol–water partition coefficient (Wildman–Crippen LogP) is 2.62. The molecule has 0 saturated carbocycles. The van der Waals surface area contributed by atoms with E-state index >= 15 is 0 Å². The first kappa shape index (κ1) is 20.0. The maximum absolute atomic E-state index is 13.5. The number of benzene rings is 2. The van der Waals surface area contributed by atoms with E-state index in [1.54, 1.807) is 31.1 Å². The minimum absolute atomic E-state index is 0.0652. The van der Waals surface area contributed by atoms with Crippen molar-refractivity contribution in [3.8, 4) is 0 Å². The fourth-order valence-electron chi connectivity index (χ4n) is 2.70. The Labute approximate surface area is 151 Å². The summed E-state index contributed by atoms with van der Waals surface area (Å²) < 4.78 is 41.3. The number of hydrogen-bond donors (Lipinski definition) is 1. The van der Waals surface area contributed by atoms with Crippen LogP contribution in [-0.2, 0) is 10.0 Å². The Morgan fingerprint density at radius 3 is 2.46 bits per heavy atom. The molecule has 0 bridgehead atoms. The molecule has 2 rings (SSSR count). The first-order valence-electron chi connectivity index (χ1n) is 7.79. The summed E-state index contributed by atoms with van der Waals surface area (Å²) in [6.45, 7) is 1.43. The van der Waals surface area contributed by atoms with Crippen LogP contribution in [0.25, 0.3) is 0 Å². The second kappa shape index (κ2) is 7.90. The maximum Gasteiger partial charge on any atom is 0.289 e. The lowest BCUT2D eigenvalue weighted by molar-refractivity contribution is -0.387. The summed E-state index contributed by atoms with van der Waals surface area (Å²) >= 11 is 0. The SMILES string of the molecule is Cc1cccc([N+](=O)[O-])c1S(=O)(=O)NCC(c1cccc(F)c1)N(C)C. The molecule has 0 aromatic heterocycles. The number of sulfonamides is 1. The predicted molar refractivity (Wildman–Crippen MR) is 95.8 cm³/mol. The van der Waals surface area contributed by atoms with E-state index in [1.165, 1.54) is 31.2 Å². The molecular formula is C17H20FN3O4S. The Kier molecular flexibility index (Phi) is 6.06. The molecule has 2 aromatic rings. The number of aryl methyl sites for hydroxylation is 1. The van der Waals surface area contributed by atoms with Gasteiger partial charge in [0.1, 0.15) is 5.82 Å². The van der Waals surface area contributed by atoms with Gasteiger partial charge in [0.25, 0.3) is 5.69 Å².